The van der Waals surface area contributed by atoms with Crippen molar-refractivity contribution in [1.29, 1.82) is 0 Å². The van der Waals surface area contributed by atoms with Crippen LogP contribution < -0.4 is 5.32 Å². The molecule has 0 radical (unpaired) electrons. The fraction of sp³-hybridized carbons (Fsp3) is 0.658. The zero-order valence-corrected chi connectivity index (χ0v) is 27.2. The lowest BCUT2D eigenvalue weighted by molar-refractivity contribution is -0.123. The number of allylic oxidation sites excluding steroid dienone is 12. The number of aliphatic hydroxyl groups excluding tert-OH is 2. The SMILES string of the molecule is CC/C=C\C/C=C\C/C=C\C/C=C\C/C=C\C/C=C\CCCCCCC(=O)NC(CO)C(O)CCCCCCCCC. The molecule has 0 aromatic heterocycles. The van der Waals surface area contributed by atoms with E-state index in [9.17, 15) is 15.0 Å². The molecular formula is C38H65NO3. The third-order valence-corrected chi connectivity index (χ3v) is 7.23. The summed E-state index contributed by atoms with van der Waals surface area (Å²) in [6, 6.07) is -0.550. The Bertz CT molecular complexity index is 762. The van der Waals surface area contributed by atoms with Crippen LogP contribution in [0.5, 0.6) is 0 Å². The number of rotatable bonds is 29. The average molecular weight is 584 g/mol. The molecule has 3 N–H and O–H groups in total. The van der Waals surface area contributed by atoms with Crippen molar-refractivity contribution in [2.75, 3.05) is 6.61 Å². The molecule has 240 valence electrons. The molecule has 1 amide bonds. The van der Waals surface area contributed by atoms with Gasteiger partial charge in [-0.05, 0) is 64.2 Å². The molecule has 4 nitrogen and oxygen atoms in total. The van der Waals surface area contributed by atoms with Crippen LogP contribution in [0.2, 0.25) is 0 Å². The number of carbonyl (C=O) groups excluding carboxylic acids is 1. The van der Waals surface area contributed by atoms with Gasteiger partial charge in [-0.3, -0.25) is 4.79 Å². The van der Waals surface area contributed by atoms with Crippen molar-refractivity contribution in [3.63, 3.8) is 0 Å². The topological polar surface area (TPSA) is 69.6 Å². The molecule has 0 rings (SSSR count). The summed E-state index contributed by atoms with van der Waals surface area (Å²) in [6.07, 6.45) is 46.7. The van der Waals surface area contributed by atoms with Gasteiger partial charge in [0.2, 0.25) is 5.91 Å². The van der Waals surface area contributed by atoms with E-state index < -0.39 is 12.1 Å². The molecule has 0 aliphatic carbocycles. The largest absolute Gasteiger partial charge is 0.394 e. The highest BCUT2D eigenvalue weighted by Crippen LogP contribution is 2.12. The number of aliphatic hydroxyl groups is 2. The Labute approximate surface area is 259 Å². The normalized spacial score (nSPS) is 14.1. The van der Waals surface area contributed by atoms with E-state index in [0.717, 1.165) is 83.5 Å². The quantitative estimate of drug-likeness (QED) is 0.0606. The molecule has 0 saturated carbocycles. The van der Waals surface area contributed by atoms with Crippen molar-refractivity contribution in [3.05, 3.63) is 72.9 Å². The van der Waals surface area contributed by atoms with Crippen LogP contribution in [0.15, 0.2) is 72.9 Å². The minimum Gasteiger partial charge on any atom is -0.394 e. The molecule has 0 aliphatic rings. The van der Waals surface area contributed by atoms with E-state index in [1.807, 2.05) is 0 Å². The van der Waals surface area contributed by atoms with E-state index in [1.54, 1.807) is 0 Å². The van der Waals surface area contributed by atoms with Gasteiger partial charge in [-0.1, -0.05) is 145 Å². The Hall–Kier alpha value is -2.17. The molecule has 0 spiro atoms. The fourth-order valence-corrected chi connectivity index (χ4v) is 4.60. The predicted molar refractivity (Wildman–Crippen MR) is 184 cm³/mol. The van der Waals surface area contributed by atoms with Crippen molar-refractivity contribution in [1.82, 2.24) is 5.32 Å². The van der Waals surface area contributed by atoms with Crippen LogP contribution in [0, 0.1) is 0 Å². The molecule has 0 heterocycles. The molecule has 0 saturated heterocycles. The van der Waals surface area contributed by atoms with Crippen molar-refractivity contribution < 1.29 is 15.0 Å². The molecule has 4 heteroatoms. The number of hydrogen-bond donors (Lipinski definition) is 3. The highest BCUT2D eigenvalue weighted by atomic mass is 16.3. The van der Waals surface area contributed by atoms with Crippen molar-refractivity contribution in [2.45, 2.75) is 154 Å². The second kappa shape index (κ2) is 33.3. The van der Waals surface area contributed by atoms with E-state index in [-0.39, 0.29) is 12.5 Å². The van der Waals surface area contributed by atoms with E-state index in [1.165, 1.54) is 32.1 Å². The van der Waals surface area contributed by atoms with Gasteiger partial charge in [0, 0.05) is 6.42 Å². The summed E-state index contributed by atoms with van der Waals surface area (Å²) in [4.78, 5) is 12.2. The lowest BCUT2D eigenvalue weighted by Gasteiger charge is -2.22. The molecule has 2 unspecified atom stereocenters. The standard InChI is InChI=1S/C38H65NO3/c1-3-5-7-9-11-12-13-14-15-16-17-18-19-20-21-22-23-24-25-26-28-30-32-34-38(42)39-36(35-40)37(41)33-31-29-27-10-8-6-4-2/h5,7,11-12,14-15,17-18,20-21,23-24,36-37,40-41H,3-4,6,8-10,13,16,19,22,25-35H2,1-2H3,(H,39,42)/b7-5-,12-11-,15-14-,18-17-,21-20-,24-23-. The molecule has 0 fully saturated rings. The van der Waals surface area contributed by atoms with Crippen LogP contribution in [0.3, 0.4) is 0 Å². The highest BCUT2D eigenvalue weighted by Gasteiger charge is 2.19. The van der Waals surface area contributed by atoms with Crippen LogP contribution in [0.25, 0.3) is 0 Å². The summed E-state index contributed by atoms with van der Waals surface area (Å²) < 4.78 is 0. The van der Waals surface area contributed by atoms with Crippen LogP contribution in [0.4, 0.5) is 0 Å². The maximum Gasteiger partial charge on any atom is 0.220 e. The summed E-state index contributed by atoms with van der Waals surface area (Å²) in [6.45, 7) is 4.16. The number of hydrogen-bond acceptors (Lipinski definition) is 3. The monoisotopic (exact) mass is 583 g/mol. The van der Waals surface area contributed by atoms with E-state index in [0.29, 0.717) is 12.8 Å². The minimum absolute atomic E-state index is 0.0652. The number of amides is 1. The summed E-state index contributed by atoms with van der Waals surface area (Å²) >= 11 is 0. The van der Waals surface area contributed by atoms with E-state index >= 15 is 0 Å². The van der Waals surface area contributed by atoms with Gasteiger partial charge in [0.05, 0.1) is 18.8 Å². The van der Waals surface area contributed by atoms with Crippen LogP contribution >= 0.6 is 0 Å². The maximum absolute atomic E-state index is 12.2. The molecule has 0 aromatic carbocycles. The molecule has 42 heavy (non-hydrogen) atoms. The van der Waals surface area contributed by atoms with E-state index in [4.69, 9.17) is 0 Å². The predicted octanol–water partition coefficient (Wildman–Crippen LogP) is 10.0. The van der Waals surface area contributed by atoms with Crippen LogP contribution in [0.1, 0.15) is 142 Å². The fourth-order valence-electron chi connectivity index (χ4n) is 4.60. The number of unbranched alkanes of at least 4 members (excludes halogenated alkanes) is 10. The molecule has 0 aliphatic heterocycles. The van der Waals surface area contributed by atoms with Crippen molar-refractivity contribution >= 4 is 5.91 Å². The van der Waals surface area contributed by atoms with Gasteiger partial charge in [0.1, 0.15) is 0 Å². The first-order valence-electron chi connectivity index (χ1n) is 17.1. The average Bonchev–Trinajstić information content (AvgIpc) is 2.99. The first kappa shape index (κ1) is 39.8. The summed E-state index contributed by atoms with van der Waals surface area (Å²) in [5, 5.41) is 22.8. The van der Waals surface area contributed by atoms with Gasteiger partial charge in [-0.15, -0.1) is 0 Å². The Morgan fingerprint density at radius 3 is 1.57 bits per heavy atom. The van der Waals surface area contributed by atoms with Gasteiger partial charge in [-0.25, -0.2) is 0 Å². The molecule has 0 bridgehead atoms. The summed E-state index contributed by atoms with van der Waals surface area (Å²) in [7, 11) is 0. The smallest absolute Gasteiger partial charge is 0.220 e. The number of carbonyl (C=O) groups is 1. The van der Waals surface area contributed by atoms with Gasteiger partial charge < -0.3 is 15.5 Å². The third kappa shape index (κ3) is 29.3. The Balaban J connectivity index is 3.69. The van der Waals surface area contributed by atoms with Gasteiger partial charge in [0.15, 0.2) is 0 Å². The molecular weight excluding hydrogens is 518 g/mol. The summed E-state index contributed by atoms with van der Waals surface area (Å²) in [5.41, 5.74) is 0. The van der Waals surface area contributed by atoms with Gasteiger partial charge >= 0.3 is 0 Å². The zero-order chi connectivity index (χ0) is 30.8. The van der Waals surface area contributed by atoms with Crippen LogP contribution in [-0.2, 0) is 4.79 Å². The first-order chi connectivity index (χ1) is 20.7. The first-order valence-corrected chi connectivity index (χ1v) is 17.1. The lowest BCUT2D eigenvalue weighted by Crippen LogP contribution is -2.45. The Kier molecular flexibility index (Phi) is 31.6. The van der Waals surface area contributed by atoms with Gasteiger partial charge in [0.25, 0.3) is 0 Å². The number of nitrogens with one attached hydrogen (secondary N) is 1. The van der Waals surface area contributed by atoms with Crippen LogP contribution in [-0.4, -0.2) is 34.9 Å². The third-order valence-electron chi connectivity index (χ3n) is 7.23. The highest BCUT2D eigenvalue weighted by molar-refractivity contribution is 5.76. The molecule has 2 atom stereocenters. The van der Waals surface area contributed by atoms with E-state index in [2.05, 4.69) is 92.1 Å². The Morgan fingerprint density at radius 2 is 1.05 bits per heavy atom. The zero-order valence-electron chi connectivity index (χ0n) is 27.2. The van der Waals surface area contributed by atoms with Gasteiger partial charge in [-0.2, -0.15) is 0 Å². The Morgan fingerprint density at radius 1 is 0.595 bits per heavy atom. The minimum atomic E-state index is -0.670. The molecule has 0 aromatic rings. The summed E-state index contributed by atoms with van der Waals surface area (Å²) in [5.74, 6) is -0.0652. The van der Waals surface area contributed by atoms with Crippen molar-refractivity contribution in [3.8, 4) is 0 Å². The van der Waals surface area contributed by atoms with Crippen molar-refractivity contribution in [2.24, 2.45) is 0 Å². The maximum atomic E-state index is 12.2. The lowest BCUT2D eigenvalue weighted by atomic mass is 10.0. The second-order valence-corrected chi connectivity index (χ2v) is 11.2. The second-order valence-electron chi connectivity index (χ2n) is 11.2.